The lowest BCUT2D eigenvalue weighted by atomic mass is 10.3. The van der Waals surface area contributed by atoms with Crippen molar-refractivity contribution in [1.29, 1.82) is 0 Å². The van der Waals surface area contributed by atoms with Crippen LogP contribution in [0.4, 0.5) is 24.5 Å². The Labute approximate surface area is 119 Å². The van der Waals surface area contributed by atoms with Gasteiger partial charge in [-0.25, -0.2) is 21.6 Å². The van der Waals surface area contributed by atoms with Crippen molar-refractivity contribution >= 4 is 21.4 Å². The third-order valence-electron chi connectivity index (χ3n) is 2.73. The van der Waals surface area contributed by atoms with Gasteiger partial charge < -0.3 is 5.32 Å². The van der Waals surface area contributed by atoms with Crippen molar-refractivity contribution in [3.8, 4) is 0 Å². The molecule has 0 saturated heterocycles. The van der Waals surface area contributed by atoms with Crippen LogP contribution in [0.2, 0.25) is 0 Å². The Morgan fingerprint density at radius 3 is 2.24 bits per heavy atom. The van der Waals surface area contributed by atoms with E-state index < -0.39 is 33.2 Å². The summed E-state index contributed by atoms with van der Waals surface area (Å²) >= 11 is 0. The van der Waals surface area contributed by atoms with Crippen molar-refractivity contribution in [3.63, 3.8) is 0 Å². The van der Waals surface area contributed by atoms with Crippen LogP contribution in [0.15, 0.2) is 41.3 Å². The quantitative estimate of drug-likeness (QED) is 0.853. The third-order valence-corrected chi connectivity index (χ3v) is 4.15. The molecule has 0 unspecified atom stereocenters. The molecule has 0 aliphatic heterocycles. The summed E-state index contributed by atoms with van der Waals surface area (Å²) in [6.45, 7) is 0. The molecular formula is C13H11F3N2O2S. The van der Waals surface area contributed by atoms with E-state index in [1.807, 2.05) is 4.72 Å². The van der Waals surface area contributed by atoms with Crippen molar-refractivity contribution in [3.05, 3.63) is 53.8 Å². The molecule has 0 aliphatic carbocycles. The second-order valence-electron chi connectivity index (χ2n) is 4.07. The predicted octanol–water partition coefficient (Wildman–Crippen LogP) is 2.95. The number of hydrogen-bond donors (Lipinski definition) is 2. The lowest BCUT2D eigenvalue weighted by molar-refractivity contribution is 0.449. The van der Waals surface area contributed by atoms with Gasteiger partial charge in [-0.05, 0) is 24.3 Å². The van der Waals surface area contributed by atoms with E-state index >= 15 is 0 Å². The van der Waals surface area contributed by atoms with Gasteiger partial charge in [-0.1, -0.05) is 12.1 Å². The number of benzene rings is 2. The Morgan fingerprint density at radius 2 is 1.57 bits per heavy atom. The first-order valence-electron chi connectivity index (χ1n) is 5.80. The smallest absolute Gasteiger partial charge is 0.264 e. The molecule has 0 amide bonds. The van der Waals surface area contributed by atoms with Gasteiger partial charge in [-0.3, -0.25) is 4.72 Å². The molecule has 2 aromatic rings. The molecule has 0 saturated carbocycles. The predicted molar refractivity (Wildman–Crippen MR) is 73.1 cm³/mol. The minimum Gasteiger partial charge on any atom is -0.387 e. The van der Waals surface area contributed by atoms with E-state index in [4.69, 9.17) is 0 Å². The van der Waals surface area contributed by atoms with Crippen LogP contribution in [0.3, 0.4) is 0 Å². The Morgan fingerprint density at radius 1 is 0.905 bits per heavy atom. The van der Waals surface area contributed by atoms with Crippen LogP contribution in [0.25, 0.3) is 0 Å². The highest BCUT2D eigenvalue weighted by Crippen LogP contribution is 2.26. The molecule has 0 bridgehead atoms. The summed E-state index contributed by atoms with van der Waals surface area (Å²) in [6, 6.07) is 7.36. The molecule has 21 heavy (non-hydrogen) atoms. The number of rotatable bonds is 4. The van der Waals surface area contributed by atoms with Gasteiger partial charge in [0.05, 0.1) is 11.4 Å². The number of anilines is 2. The summed E-state index contributed by atoms with van der Waals surface area (Å²) < 4.78 is 65.8. The molecule has 112 valence electrons. The van der Waals surface area contributed by atoms with Gasteiger partial charge in [0.2, 0.25) is 0 Å². The Balaban J connectivity index is 2.45. The summed E-state index contributed by atoms with van der Waals surface area (Å²) in [5, 5.41) is 2.68. The Hall–Kier alpha value is -2.22. The molecule has 0 fully saturated rings. The van der Waals surface area contributed by atoms with E-state index in [2.05, 4.69) is 5.32 Å². The zero-order valence-corrected chi connectivity index (χ0v) is 11.6. The zero-order valence-electron chi connectivity index (χ0n) is 10.8. The van der Waals surface area contributed by atoms with Crippen LogP contribution in [0.1, 0.15) is 0 Å². The molecule has 0 heterocycles. The normalized spacial score (nSPS) is 11.2. The molecular weight excluding hydrogens is 305 g/mol. The fourth-order valence-corrected chi connectivity index (χ4v) is 2.99. The van der Waals surface area contributed by atoms with Gasteiger partial charge in [0.1, 0.15) is 4.90 Å². The molecule has 0 spiro atoms. The van der Waals surface area contributed by atoms with E-state index in [1.54, 1.807) is 6.07 Å². The maximum Gasteiger partial charge on any atom is 0.264 e. The first-order chi connectivity index (χ1) is 9.86. The summed E-state index contributed by atoms with van der Waals surface area (Å²) in [4.78, 5) is -0.142. The number of para-hydroxylation sites is 1. The average Bonchev–Trinajstić information content (AvgIpc) is 2.48. The largest absolute Gasteiger partial charge is 0.387 e. The number of sulfonamides is 1. The number of nitrogens with one attached hydrogen (secondary N) is 2. The highest BCUT2D eigenvalue weighted by Gasteiger charge is 2.21. The first-order valence-corrected chi connectivity index (χ1v) is 7.28. The Bertz CT molecular complexity index is 779. The lowest BCUT2D eigenvalue weighted by Gasteiger charge is -2.12. The monoisotopic (exact) mass is 316 g/mol. The fourth-order valence-electron chi connectivity index (χ4n) is 1.71. The van der Waals surface area contributed by atoms with E-state index in [1.165, 1.54) is 25.2 Å². The summed E-state index contributed by atoms with van der Waals surface area (Å²) in [5.74, 6) is -4.73. The highest BCUT2D eigenvalue weighted by atomic mass is 32.2. The summed E-state index contributed by atoms with van der Waals surface area (Å²) in [7, 11) is -2.63. The standard InChI is InChI=1S/C13H11F3N2O2S/c1-17-9-4-2-3-5-11(9)21(19,20)18-10-7-6-8(14)12(15)13(10)16/h2-7,17-18H,1H3. The average molecular weight is 316 g/mol. The molecule has 2 aromatic carbocycles. The van der Waals surface area contributed by atoms with Crippen LogP contribution < -0.4 is 10.0 Å². The second kappa shape index (κ2) is 5.65. The van der Waals surface area contributed by atoms with Gasteiger partial charge in [0.25, 0.3) is 10.0 Å². The van der Waals surface area contributed by atoms with Gasteiger partial charge in [0, 0.05) is 7.05 Å². The van der Waals surface area contributed by atoms with Gasteiger partial charge in [-0.15, -0.1) is 0 Å². The minimum absolute atomic E-state index is 0.142. The van der Waals surface area contributed by atoms with Gasteiger partial charge >= 0.3 is 0 Å². The zero-order chi connectivity index (χ0) is 15.6. The molecule has 0 radical (unpaired) electrons. The van der Waals surface area contributed by atoms with E-state index in [-0.39, 0.29) is 10.6 Å². The second-order valence-corrected chi connectivity index (χ2v) is 5.73. The van der Waals surface area contributed by atoms with Crippen LogP contribution >= 0.6 is 0 Å². The molecule has 8 heteroatoms. The molecule has 0 aromatic heterocycles. The summed E-state index contributed by atoms with van der Waals surface area (Å²) in [5.41, 5.74) is -0.382. The van der Waals surface area contributed by atoms with Crippen molar-refractivity contribution in [2.24, 2.45) is 0 Å². The fraction of sp³-hybridized carbons (Fsp3) is 0.0769. The SMILES string of the molecule is CNc1ccccc1S(=O)(=O)Nc1ccc(F)c(F)c1F. The topological polar surface area (TPSA) is 58.2 Å². The minimum atomic E-state index is -4.15. The van der Waals surface area contributed by atoms with Crippen LogP contribution in [0, 0.1) is 17.5 Å². The maximum atomic E-state index is 13.5. The van der Waals surface area contributed by atoms with Crippen LogP contribution in [0.5, 0.6) is 0 Å². The molecule has 2 N–H and O–H groups in total. The number of halogens is 3. The molecule has 2 rings (SSSR count). The first kappa shape index (κ1) is 15.2. The highest BCUT2D eigenvalue weighted by molar-refractivity contribution is 7.92. The van der Waals surface area contributed by atoms with Crippen molar-refractivity contribution in [2.45, 2.75) is 4.90 Å². The van der Waals surface area contributed by atoms with Crippen molar-refractivity contribution < 1.29 is 21.6 Å². The molecule has 0 aliphatic rings. The van der Waals surface area contributed by atoms with Gasteiger partial charge in [-0.2, -0.15) is 0 Å². The lowest BCUT2D eigenvalue weighted by Crippen LogP contribution is -2.16. The number of hydrogen-bond acceptors (Lipinski definition) is 3. The Kier molecular flexibility index (Phi) is 4.08. The van der Waals surface area contributed by atoms with Crippen LogP contribution in [-0.4, -0.2) is 15.5 Å². The van der Waals surface area contributed by atoms with Gasteiger partial charge in [0.15, 0.2) is 17.5 Å². The van der Waals surface area contributed by atoms with E-state index in [0.717, 1.165) is 6.07 Å². The van der Waals surface area contributed by atoms with E-state index in [0.29, 0.717) is 6.07 Å². The van der Waals surface area contributed by atoms with E-state index in [9.17, 15) is 21.6 Å². The van der Waals surface area contributed by atoms with Crippen LogP contribution in [-0.2, 0) is 10.0 Å². The molecule has 4 nitrogen and oxygen atoms in total. The molecule has 0 atom stereocenters. The maximum absolute atomic E-state index is 13.5. The van der Waals surface area contributed by atoms with Crippen molar-refractivity contribution in [1.82, 2.24) is 0 Å². The summed E-state index contributed by atoms with van der Waals surface area (Å²) in [6.07, 6.45) is 0. The third kappa shape index (κ3) is 2.94. The van der Waals surface area contributed by atoms with Crippen molar-refractivity contribution in [2.75, 3.05) is 17.1 Å².